The zero-order valence-electron chi connectivity index (χ0n) is 27.0. The van der Waals surface area contributed by atoms with E-state index in [9.17, 15) is 51.1 Å². The van der Waals surface area contributed by atoms with Crippen LogP contribution in [-0.4, -0.2) is 223 Å². The van der Waals surface area contributed by atoms with Crippen LogP contribution in [0.1, 0.15) is 13.8 Å². The van der Waals surface area contributed by atoms with Crippen LogP contribution in [0.5, 0.6) is 0 Å². The number of rotatable bonds is 6. The number of ether oxygens (including phenoxy) is 10. The van der Waals surface area contributed by atoms with Crippen molar-refractivity contribution in [3.05, 3.63) is 0 Å². The molecule has 0 radical (unpaired) electrons. The summed E-state index contributed by atoms with van der Waals surface area (Å²) in [4.78, 5) is 0. The van der Waals surface area contributed by atoms with Gasteiger partial charge in [0.2, 0.25) is 0 Å². The van der Waals surface area contributed by atoms with Crippen molar-refractivity contribution in [3.63, 3.8) is 0 Å². The van der Waals surface area contributed by atoms with Crippen LogP contribution in [0.4, 0.5) is 0 Å². The molecule has 0 amide bonds. The molecule has 0 saturated carbocycles. The van der Waals surface area contributed by atoms with E-state index in [1.54, 1.807) is 13.8 Å². The van der Waals surface area contributed by atoms with Crippen molar-refractivity contribution in [3.8, 4) is 0 Å². The highest BCUT2D eigenvalue weighted by atomic mass is 16.8. The van der Waals surface area contributed by atoms with Gasteiger partial charge in [-0.25, -0.2) is 0 Å². The summed E-state index contributed by atoms with van der Waals surface area (Å²) in [5.74, 6) is 0. The van der Waals surface area contributed by atoms with E-state index in [0.717, 1.165) is 0 Å². The predicted molar refractivity (Wildman–Crippen MR) is 152 cm³/mol. The average molecular weight is 737 g/mol. The molecule has 6 fully saturated rings. The highest BCUT2D eigenvalue weighted by molar-refractivity contribution is 4.96. The van der Waals surface area contributed by atoms with Gasteiger partial charge in [-0.05, 0) is 13.8 Å². The molecular formula is C28H48O22. The first-order valence-electron chi connectivity index (χ1n) is 16.2. The van der Waals surface area contributed by atoms with E-state index < -0.39 is 149 Å². The molecule has 6 aliphatic rings. The Labute approximate surface area is 284 Å². The van der Waals surface area contributed by atoms with Gasteiger partial charge < -0.3 is 109 Å². The van der Waals surface area contributed by atoms with Crippen LogP contribution in [0.3, 0.4) is 0 Å². The van der Waals surface area contributed by atoms with Gasteiger partial charge in [-0.15, -0.1) is 0 Å². The summed E-state index contributed by atoms with van der Waals surface area (Å²) in [6.07, 6.45) is -27.6. The Balaban J connectivity index is 0.000000197. The van der Waals surface area contributed by atoms with Crippen LogP contribution in [-0.2, 0) is 47.4 Å². The lowest BCUT2D eigenvalue weighted by molar-refractivity contribution is -0.408. The normalized spacial score (nSPS) is 54.1. The molecule has 6 heterocycles. The fourth-order valence-corrected chi connectivity index (χ4v) is 6.25. The molecular weight excluding hydrogens is 688 g/mol. The minimum atomic E-state index is -1.72. The van der Waals surface area contributed by atoms with E-state index in [1.165, 1.54) is 0 Å². The molecule has 22 atom stereocenters. The summed E-state index contributed by atoms with van der Waals surface area (Å²) in [6, 6.07) is 0. The van der Waals surface area contributed by atoms with Crippen LogP contribution >= 0.6 is 0 Å². The first-order valence-corrected chi connectivity index (χ1v) is 16.2. The zero-order valence-corrected chi connectivity index (χ0v) is 27.0. The molecule has 50 heavy (non-hydrogen) atoms. The van der Waals surface area contributed by atoms with Crippen molar-refractivity contribution in [1.82, 2.24) is 0 Å². The van der Waals surface area contributed by atoms with E-state index in [2.05, 4.69) is 0 Å². The fourth-order valence-electron chi connectivity index (χ4n) is 6.25. The third kappa shape index (κ3) is 8.42. The third-order valence-corrected chi connectivity index (χ3v) is 9.20. The summed E-state index contributed by atoms with van der Waals surface area (Å²) in [5.41, 5.74) is 0. The fraction of sp³-hybridized carbons (Fsp3) is 1.00. The monoisotopic (exact) mass is 736 g/mol. The maximum absolute atomic E-state index is 10.3. The Morgan fingerprint density at radius 2 is 0.740 bits per heavy atom. The van der Waals surface area contributed by atoms with Crippen molar-refractivity contribution >= 4 is 0 Å². The van der Waals surface area contributed by atoms with Crippen molar-refractivity contribution in [2.45, 2.75) is 149 Å². The molecule has 12 N–H and O–H groups in total. The maximum atomic E-state index is 10.3. The molecule has 0 aromatic heterocycles. The summed E-state index contributed by atoms with van der Waals surface area (Å²) >= 11 is 0. The van der Waals surface area contributed by atoms with Gasteiger partial charge in [0.15, 0.2) is 37.7 Å². The van der Waals surface area contributed by atoms with Crippen LogP contribution in [0.2, 0.25) is 0 Å². The molecule has 2 unspecified atom stereocenters. The minimum Gasteiger partial charge on any atom is -0.394 e. The second kappa shape index (κ2) is 17.1. The van der Waals surface area contributed by atoms with Gasteiger partial charge in [0, 0.05) is 0 Å². The van der Waals surface area contributed by atoms with E-state index in [1.807, 2.05) is 0 Å². The Morgan fingerprint density at radius 3 is 1.08 bits per heavy atom. The molecule has 6 saturated heterocycles. The van der Waals surface area contributed by atoms with Gasteiger partial charge in [0.1, 0.15) is 97.7 Å². The topological polar surface area (TPSA) is 335 Å². The Bertz CT molecular complexity index is 975. The Morgan fingerprint density at radius 1 is 0.420 bits per heavy atom. The molecule has 0 spiro atoms. The number of hydrogen-bond acceptors (Lipinski definition) is 22. The minimum absolute atomic E-state index is 0.149. The summed E-state index contributed by atoms with van der Waals surface area (Å²) in [5, 5.41) is 118. The number of aliphatic hydroxyl groups excluding tert-OH is 12. The van der Waals surface area contributed by atoms with Crippen molar-refractivity contribution in [2.75, 3.05) is 26.4 Å². The van der Waals surface area contributed by atoms with Gasteiger partial charge in [-0.1, -0.05) is 0 Å². The third-order valence-electron chi connectivity index (χ3n) is 9.20. The molecule has 0 bridgehead atoms. The number of hydrogen-bond donors (Lipinski definition) is 12. The predicted octanol–water partition coefficient (Wildman–Crippen LogP) is -7.98. The summed E-state index contributed by atoms with van der Waals surface area (Å²) in [6.45, 7) is 2.32. The Kier molecular flexibility index (Phi) is 13.8. The first kappa shape index (κ1) is 40.3. The van der Waals surface area contributed by atoms with Crippen LogP contribution < -0.4 is 0 Å². The van der Waals surface area contributed by atoms with Gasteiger partial charge in [0.05, 0.1) is 26.4 Å². The second-order valence-corrected chi connectivity index (χ2v) is 12.7. The van der Waals surface area contributed by atoms with E-state index in [0.29, 0.717) is 0 Å². The Hall–Kier alpha value is -0.880. The lowest BCUT2D eigenvalue weighted by atomic mass is 9.97. The van der Waals surface area contributed by atoms with Gasteiger partial charge >= 0.3 is 0 Å². The molecule has 0 aromatic rings. The van der Waals surface area contributed by atoms with Crippen LogP contribution in [0.15, 0.2) is 0 Å². The lowest BCUT2D eigenvalue weighted by Gasteiger charge is -2.49. The standard InChI is InChI=1S/C16H26O11.C12H22O11/c1-5-21-3-7-13(23-5)9(17)11(19)15(25-7)27-16-12(20)10(18)14-8(26-16)4-22-6(2)24-14;13-1-3-5(15)7(17)9(19)11(21-3)23-12-10(20)8(18)6(16)4(2-14)22-12/h5-20H,3-4H2,1-2H3;3-20H,1-2H2/t5?,6?,7-,8-,9-,10-,11-,12-,13-,14-,15-,16-;3-,4-,5-,6-,7+,8+,9-,10-,11-,12-/m11/s1. The SMILES string of the molecule is CC1OC[C@H]2O[C@H](O[C@H]3O[C@@H]4COC(C)O[C@H]4[C@H](O)[C@H]3O)[C@H](O)[C@@H](O)[C@@H]2O1.OC[C@H]1O[C@H](O[C@H]2O[C@H](CO)[C@@H](O)[C@H](O)[C@H]2O)[C@H](O)[C@@H](O)[C@@H]1O. The number of aliphatic hydroxyl groups is 12. The second-order valence-electron chi connectivity index (χ2n) is 12.7. The molecule has 6 aliphatic heterocycles. The molecule has 292 valence electrons. The highest BCUT2D eigenvalue weighted by Gasteiger charge is 2.54. The molecule has 22 heteroatoms. The molecule has 0 aliphatic carbocycles. The summed E-state index contributed by atoms with van der Waals surface area (Å²) in [7, 11) is 0. The highest BCUT2D eigenvalue weighted by Crippen LogP contribution is 2.34. The van der Waals surface area contributed by atoms with Crippen molar-refractivity contribution in [2.24, 2.45) is 0 Å². The zero-order chi connectivity index (χ0) is 36.6. The van der Waals surface area contributed by atoms with Crippen LogP contribution in [0, 0.1) is 0 Å². The number of fused-ring (bicyclic) bond motifs is 2. The largest absolute Gasteiger partial charge is 0.394 e. The van der Waals surface area contributed by atoms with Gasteiger partial charge in [0.25, 0.3) is 0 Å². The van der Waals surface area contributed by atoms with E-state index >= 15 is 0 Å². The summed E-state index contributed by atoms with van der Waals surface area (Å²) < 4.78 is 53.8. The van der Waals surface area contributed by atoms with Crippen LogP contribution in [0.25, 0.3) is 0 Å². The quantitative estimate of drug-likeness (QED) is 0.120. The van der Waals surface area contributed by atoms with Crippen molar-refractivity contribution in [1.29, 1.82) is 0 Å². The van der Waals surface area contributed by atoms with Gasteiger partial charge in [-0.2, -0.15) is 0 Å². The smallest absolute Gasteiger partial charge is 0.189 e. The molecule has 6 rings (SSSR count). The maximum Gasteiger partial charge on any atom is 0.189 e. The van der Waals surface area contributed by atoms with E-state index in [-0.39, 0.29) is 13.2 Å². The molecule has 22 nitrogen and oxygen atoms in total. The van der Waals surface area contributed by atoms with E-state index in [4.69, 9.17) is 57.6 Å². The average Bonchev–Trinajstić information content (AvgIpc) is 3.10. The van der Waals surface area contributed by atoms with Gasteiger partial charge in [-0.3, -0.25) is 0 Å². The lowest BCUT2D eigenvalue weighted by Crippen LogP contribution is -2.66. The molecule has 0 aromatic carbocycles. The van der Waals surface area contributed by atoms with Crippen molar-refractivity contribution < 1.29 is 109 Å². The first-order chi connectivity index (χ1) is 23.7.